The van der Waals surface area contributed by atoms with Crippen molar-refractivity contribution in [2.45, 2.75) is 6.54 Å². The molecular weight excluding hydrogens is 262 g/mol. The molecule has 1 aromatic rings. The first-order valence-corrected chi connectivity index (χ1v) is 5.01. The SMILES string of the molecule is NNC(=O)CN(Br)Cc1ccccc1O. The third kappa shape index (κ3) is 3.86. The predicted molar refractivity (Wildman–Crippen MR) is 59.8 cm³/mol. The van der Waals surface area contributed by atoms with E-state index in [-0.39, 0.29) is 18.2 Å². The molecule has 0 fully saturated rings. The third-order valence-corrected chi connectivity index (χ3v) is 2.31. The molecule has 0 radical (unpaired) electrons. The maximum atomic E-state index is 10.9. The van der Waals surface area contributed by atoms with Crippen LogP contribution in [0.1, 0.15) is 5.56 Å². The lowest BCUT2D eigenvalue weighted by Crippen LogP contribution is -2.36. The van der Waals surface area contributed by atoms with E-state index >= 15 is 0 Å². The first-order valence-electron chi connectivity index (χ1n) is 4.30. The van der Waals surface area contributed by atoms with Crippen LogP contribution in [0.15, 0.2) is 24.3 Å². The zero-order valence-corrected chi connectivity index (χ0v) is 9.57. The molecule has 0 atom stereocenters. The largest absolute Gasteiger partial charge is 0.508 e. The molecule has 0 heterocycles. The van der Waals surface area contributed by atoms with E-state index in [2.05, 4.69) is 16.1 Å². The summed E-state index contributed by atoms with van der Waals surface area (Å²) in [7, 11) is 0. The number of benzene rings is 1. The number of halogens is 1. The zero-order valence-electron chi connectivity index (χ0n) is 7.98. The number of hydrogen-bond donors (Lipinski definition) is 3. The highest BCUT2D eigenvalue weighted by Gasteiger charge is 2.09. The first kappa shape index (κ1) is 12.0. The second kappa shape index (κ2) is 5.69. The van der Waals surface area contributed by atoms with Gasteiger partial charge in [-0.25, -0.2) is 9.77 Å². The van der Waals surface area contributed by atoms with Crippen LogP contribution < -0.4 is 11.3 Å². The molecule has 0 spiro atoms. The molecule has 82 valence electrons. The van der Waals surface area contributed by atoms with Crippen molar-refractivity contribution in [3.63, 3.8) is 0 Å². The number of carbonyl (C=O) groups is 1. The summed E-state index contributed by atoms with van der Waals surface area (Å²) < 4.78 is 1.57. The van der Waals surface area contributed by atoms with Crippen molar-refractivity contribution in [1.82, 2.24) is 9.35 Å². The molecule has 1 amide bonds. The number of hydrazine groups is 1. The van der Waals surface area contributed by atoms with Crippen molar-refractivity contribution in [1.29, 1.82) is 0 Å². The van der Waals surface area contributed by atoms with E-state index in [4.69, 9.17) is 5.84 Å². The molecule has 15 heavy (non-hydrogen) atoms. The topological polar surface area (TPSA) is 78.6 Å². The fourth-order valence-electron chi connectivity index (χ4n) is 1.09. The number of amides is 1. The summed E-state index contributed by atoms with van der Waals surface area (Å²) in [5.74, 6) is 4.85. The minimum atomic E-state index is -0.303. The van der Waals surface area contributed by atoms with Crippen molar-refractivity contribution >= 4 is 22.1 Å². The molecule has 0 aliphatic heterocycles. The Morgan fingerprint density at radius 3 is 2.80 bits per heavy atom. The molecule has 0 saturated carbocycles. The average molecular weight is 274 g/mol. The van der Waals surface area contributed by atoms with Crippen LogP contribution in [0, 0.1) is 0 Å². The van der Waals surface area contributed by atoms with E-state index in [1.165, 1.54) is 0 Å². The van der Waals surface area contributed by atoms with Crippen molar-refractivity contribution in [2.75, 3.05) is 6.54 Å². The highest BCUT2D eigenvalue weighted by Crippen LogP contribution is 2.18. The number of phenols is 1. The minimum absolute atomic E-state index is 0.116. The molecule has 0 unspecified atom stereocenters. The average Bonchev–Trinajstić information content (AvgIpc) is 2.21. The number of para-hydroxylation sites is 1. The number of rotatable bonds is 4. The maximum absolute atomic E-state index is 10.9. The Kier molecular flexibility index (Phi) is 4.54. The van der Waals surface area contributed by atoms with E-state index in [9.17, 15) is 9.90 Å². The molecule has 6 heteroatoms. The van der Waals surface area contributed by atoms with Crippen LogP contribution >= 0.6 is 16.1 Å². The van der Waals surface area contributed by atoms with E-state index in [1.807, 2.05) is 11.5 Å². The highest BCUT2D eigenvalue weighted by molar-refractivity contribution is 9.07. The van der Waals surface area contributed by atoms with Gasteiger partial charge in [0.1, 0.15) is 5.75 Å². The second-order valence-electron chi connectivity index (χ2n) is 2.98. The van der Waals surface area contributed by atoms with Crippen LogP contribution in [-0.2, 0) is 11.3 Å². The van der Waals surface area contributed by atoms with Crippen molar-refractivity contribution < 1.29 is 9.90 Å². The third-order valence-electron chi connectivity index (χ3n) is 1.81. The van der Waals surface area contributed by atoms with Gasteiger partial charge in [0, 0.05) is 28.3 Å². The van der Waals surface area contributed by atoms with Crippen LogP contribution in [0.5, 0.6) is 5.75 Å². The number of carbonyl (C=O) groups excluding carboxylic acids is 1. The van der Waals surface area contributed by atoms with Gasteiger partial charge in [-0.2, -0.15) is 0 Å². The van der Waals surface area contributed by atoms with E-state index in [0.29, 0.717) is 6.54 Å². The van der Waals surface area contributed by atoms with Crippen LogP contribution in [0.4, 0.5) is 0 Å². The molecule has 0 saturated heterocycles. The van der Waals surface area contributed by atoms with Gasteiger partial charge < -0.3 is 5.11 Å². The molecule has 0 aliphatic carbocycles. The molecule has 5 nitrogen and oxygen atoms in total. The van der Waals surface area contributed by atoms with Gasteiger partial charge in [0.15, 0.2) is 0 Å². The fourth-order valence-corrected chi connectivity index (χ4v) is 1.58. The highest BCUT2D eigenvalue weighted by atomic mass is 79.9. The summed E-state index contributed by atoms with van der Waals surface area (Å²) in [6, 6.07) is 6.94. The summed E-state index contributed by atoms with van der Waals surface area (Å²) >= 11 is 3.20. The maximum Gasteiger partial charge on any atom is 0.249 e. The van der Waals surface area contributed by atoms with Gasteiger partial charge >= 0.3 is 0 Å². The summed E-state index contributed by atoms with van der Waals surface area (Å²) in [5.41, 5.74) is 2.76. The Bertz CT molecular complexity index is 346. The van der Waals surface area contributed by atoms with Crippen molar-refractivity contribution in [3.8, 4) is 5.75 Å². The molecule has 1 aromatic carbocycles. The van der Waals surface area contributed by atoms with Gasteiger partial charge in [-0.3, -0.25) is 10.2 Å². The van der Waals surface area contributed by atoms with Gasteiger partial charge in [0.25, 0.3) is 0 Å². The number of nitrogens with one attached hydrogen (secondary N) is 1. The Balaban J connectivity index is 2.55. The lowest BCUT2D eigenvalue weighted by molar-refractivity contribution is -0.121. The van der Waals surface area contributed by atoms with Crippen LogP contribution in [0.2, 0.25) is 0 Å². The number of phenolic OH excluding ortho intramolecular Hbond substituents is 1. The van der Waals surface area contributed by atoms with Gasteiger partial charge in [-0.15, -0.1) is 0 Å². The van der Waals surface area contributed by atoms with E-state index < -0.39 is 0 Å². The number of aromatic hydroxyl groups is 1. The van der Waals surface area contributed by atoms with E-state index in [1.54, 1.807) is 22.1 Å². The van der Waals surface area contributed by atoms with Crippen molar-refractivity contribution in [2.24, 2.45) is 5.84 Å². The van der Waals surface area contributed by atoms with Gasteiger partial charge in [0.2, 0.25) is 5.91 Å². The number of hydrogen-bond acceptors (Lipinski definition) is 4. The Labute approximate surface area is 96.2 Å². The standard InChI is InChI=1S/C9H12BrN3O2/c10-13(6-9(15)12-11)5-7-3-1-2-4-8(7)14/h1-4,14H,5-6,11H2,(H,12,15). The van der Waals surface area contributed by atoms with E-state index in [0.717, 1.165) is 5.56 Å². The summed E-state index contributed by atoms with van der Waals surface area (Å²) in [5, 5.41) is 9.48. The number of nitrogens with zero attached hydrogens (tertiary/aromatic N) is 1. The molecule has 4 N–H and O–H groups in total. The smallest absolute Gasteiger partial charge is 0.249 e. The summed E-state index contributed by atoms with van der Waals surface area (Å²) in [4.78, 5) is 10.9. The molecule has 0 aromatic heterocycles. The minimum Gasteiger partial charge on any atom is -0.508 e. The fraction of sp³-hybridized carbons (Fsp3) is 0.222. The summed E-state index contributed by atoms with van der Waals surface area (Å²) in [6.45, 7) is 0.533. The molecule has 1 rings (SSSR count). The van der Waals surface area contributed by atoms with Crippen LogP contribution in [0.3, 0.4) is 0 Å². The van der Waals surface area contributed by atoms with Crippen molar-refractivity contribution in [3.05, 3.63) is 29.8 Å². The molecule has 0 aliphatic rings. The lowest BCUT2D eigenvalue weighted by Gasteiger charge is -2.13. The Morgan fingerprint density at radius 2 is 2.20 bits per heavy atom. The van der Waals surface area contributed by atoms with Crippen LogP contribution in [-0.4, -0.2) is 21.5 Å². The Hall–Kier alpha value is -1.11. The quantitative estimate of drug-likeness (QED) is 0.323. The molecule has 0 bridgehead atoms. The predicted octanol–water partition coefficient (Wildman–Crippen LogP) is 0.494. The zero-order chi connectivity index (χ0) is 11.3. The van der Waals surface area contributed by atoms with Gasteiger partial charge in [-0.1, -0.05) is 18.2 Å². The summed E-state index contributed by atoms with van der Waals surface area (Å²) in [6.07, 6.45) is 0. The lowest BCUT2D eigenvalue weighted by atomic mass is 10.2. The van der Waals surface area contributed by atoms with Gasteiger partial charge in [-0.05, 0) is 6.07 Å². The molecular formula is C9H12BrN3O2. The second-order valence-corrected chi connectivity index (χ2v) is 3.98. The normalized spacial score (nSPS) is 10.3. The van der Waals surface area contributed by atoms with Gasteiger partial charge in [0.05, 0.1) is 6.54 Å². The van der Waals surface area contributed by atoms with Crippen LogP contribution in [0.25, 0.3) is 0 Å². The monoisotopic (exact) mass is 273 g/mol. The first-order chi connectivity index (χ1) is 7.13. The number of nitrogens with two attached hydrogens (primary N) is 1. The Morgan fingerprint density at radius 1 is 1.53 bits per heavy atom.